The van der Waals surface area contributed by atoms with Gasteiger partial charge in [-0.3, -0.25) is 0 Å². The number of benzene rings is 4. The Hall–Kier alpha value is -7.10. The summed E-state index contributed by atoms with van der Waals surface area (Å²) in [5.74, 6) is 0.0554. The summed E-state index contributed by atoms with van der Waals surface area (Å²) in [5.41, 5.74) is 8.53. The number of hydrogen-bond acceptors (Lipinski definition) is 32. The highest BCUT2D eigenvalue weighted by atomic mass is 31.2. The van der Waals surface area contributed by atoms with Gasteiger partial charge in [0.1, 0.15) is 144 Å². The van der Waals surface area contributed by atoms with Crippen molar-refractivity contribution in [2.75, 3.05) is 45.1 Å². The molecule has 0 amide bonds. The molecule has 21 atom stereocenters. The van der Waals surface area contributed by atoms with E-state index in [1.807, 2.05) is 0 Å². The van der Waals surface area contributed by atoms with E-state index in [4.69, 9.17) is 57.4 Å². The van der Waals surface area contributed by atoms with E-state index in [0.29, 0.717) is 33.4 Å². The quantitative estimate of drug-likeness (QED) is 0.0152. The topological polar surface area (TPSA) is 512 Å². The highest BCUT2D eigenvalue weighted by Crippen LogP contribution is 2.49. The van der Waals surface area contributed by atoms with Gasteiger partial charge >= 0.3 is 7.60 Å². The van der Waals surface area contributed by atoms with Gasteiger partial charge in [-0.25, -0.2) is 19.5 Å². The standard InChI is InChI=1S/C60H72N5O28P/c61-55-42-56(63-25-62-55)65(26-64-42)13-14-83-27-94(82,92-32-9-5-28(6-10-32)1-3-30-15-34(84-57-51(78)47(74)43(70)38(21-66)88-57)19-35(16-30)85-58-52(79)48(75)44(71)39(22-67)89-58)93-33-11-7-29(8-12-33)2-4-31-17-36(86-59-53(80)49(76)45(72)40(23-68)90-59)20-37(18-31)87-60-54(81)50(77)46(73)41(24-69)91-60/h1-12,15-20,25-26,38-41,43-54,57-60,66-81H,13-14,21-24,27H2,(H2,61,62,63)/b3-1-,4-2+/t38-,39-,40-,41+,43+,44+,45+,46-,47-,48-,49-,50+,51-,52-,53-,54+,57-,58+,59-,60-,94?/m0/s1. The molecule has 0 bridgehead atoms. The molecule has 18 N–H and O–H groups in total. The number of rotatable bonds is 25. The maximum Gasteiger partial charge on any atom is 0.456 e. The van der Waals surface area contributed by atoms with Crippen molar-refractivity contribution < 1.29 is 138 Å². The van der Waals surface area contributed by atoms with Gasteiger partial charge in [0.05, 0.1) is 39.4 Å². The zero-order valence-electron chi connectivity index (χ0n) is 49.4. The van der Waals surface area contributed by atoms with Crippen LogP contribution in [0.1, 0.15) is 22.3 Å². The summed E-state index contributed by atoms with van der Waals surface area (Å²) >= 11 is 0. The highest BCUT2D eigenvalue weighted by Gasteiger charge is 2.49. The third-order valence-electron chi connectivity index (χ3n) is 15.5. The van der Waals surface area contributed by atoms with Crippen molar-refractivity contribution in [1.82, 2.24) is 19.5 Å². The number of imidazole rings is 1. The van der Waals surface area contributed by atoms with Gasteiger partial charge in [0, 0.05) is 18.7 Å². The second-order valence-corrected chi connectivity index (χ2v) is 24.1. The van der Waals surface area contributed by atoms with E-state index in [2.05, 4.69) is 15.0 Å². The molecule has 0 spiro atoms. The van der Waals surface area contributed by atoms with Gasteiger partial charge in [-0.1, -0.05) is 48.6 Å². The van der Waals surface area contributed by atoms with E-state index in [1.54, 1.807) is 53.1 Å². The number of hydrogen-bond donors (Lipinski definition) is 17. The molecule has 1 unspecified atom stereocenters. The zero-order valence-corrected chi connectivity index (χ0v) is 50.3. The van der Waals surface area contributed by atoms with Crippen molar-refractivity contribution in [2.24, 2.45) is 0 Å². The van der Waals surface area contributed by atoms with Crippen LogP contribution in [0.3, 0.4) is 0 Å². The van der Waals surface area contributed by atoms with Gasteiger partial charge in [0.25, 0.3) is 0 Å². The van der Waals surface area contributed by atoms with E-state index < -0.39 is 163 Å². The number of nitrogens with two attached hydrogens (primary N) is 1. The van der Waals surface area contributed by atoms with Crippen LogP contribution in [0, 0.1) is 0 Å². The molecule has 0 aliphatic carbocycles. The number of anilines is 1. The summed E-state index contributed by atoms with van der Waals surface area (Å²) in [4.78, 5) is 12.5. The predicted molar refractivity (Wildman–Crippen MR) is 321 cm³/mol. The van der Waals surface area contributed by atoms with Crippen molar-refractivity contribution in [1.29, 1.82) is 0 Å². The normalized spacial score (nSPS) is 32.1. The lowest BCUT2D eigenvalue weighted by Gasteiger charge is -2.40. The van der Waals surface area contributed by atoms with Gasteiger partial charge in [0.2, 0.25) is 25.2 Å². The van der Waals surface area contributed by atoms with Crippen LogP contribution in [0.4, 0.5) is 5.82 Å². The number of aromatic nitrogens is 4. The summed E-state index contributed by atoms with van der Waals surface area (Å²) < 4.78 is 80.4. The molecule has 94 heavy (non-hydrogen) atoms. The minimum absolute atomic E-state index is 0.0341. The summed E-state index contributed by atoms with van der Waals surface area (Å²) in [5, 5.41) is 165. The Kier molecular flexibility index (Phi) is 22.8. The number of nitrogen functional groups attached to an aromatic ring is 1. The van der Waals surface area contributed by atoms with Crippen LogP contribution in [0.25, 0.3) is 35.5 Å². The Morgan fingerprint density at radius 1 is 0.436 bits per heavy atom. The Balaban J connectivity index is 0.872. The minimum Gasteiger partial charge on any atom is -0.462 e. The third-order valence-corrected chi connectivity index (χ3v) is 17.0. The van der Waals surface area contributed by atoms with Gasteiger partial charge in [-0.2, -0.15) is 0 Å². The van der Waals surface area contributed by atoms with Crippen LogP contribution < -0.4 is 33.7 Å². The fourth-order valence-corrected chi connectivity index (χ4v) is 11.7. The lowest BCUT2D eigenvalue weighted by Crippen LogP contribution is -2.60. The van der Waals surface area contributed by atoms with Crippen LogP contribution in [0.2, 0.25) is 0 Å². The molecule has 4 aliphatic rings. The first-order valence-electron chi connectivity index (χ1n) is 29.3. The average molecular weight is 1340 g/mol. The van der Waals surface area contributed by atoms with Crippen molar-refractivity contribution in [3.05, 3.63) is 120 Å². The number of ether oxygens (including phenoxy) is 9. The smallest absolute Gasteiger partial charge is 0.456 e. The van der Waals surface area contributed by atoms with Crippen molar-refractivity contribution in [3.63, 3.8) is 0 Å². The molecule has 34 heteroatoms. The van der Waals surface area contributed by atoms with E-state index >= 15 is 0 Å². The lowest BCUT2D eigenvalue weighted by atomic mass is 9.99. The van der Waals surface area contributed by atoms with Gasteiger partial charge in [-0.15, -0.1) is 0 Å². The SMILES string of the molecule is Nc1ncnc2c1ncn2CCOCP(=O)(Oc1ccc(/C=C\c2cc(O[C@@H]3O[C@@H](CO)[C@@H](O)[C@H](O)[C@@H]3O)cc(O[C@H]3O[C@@H](CO)[C@@H](O)[C@H](O)[C@@H]3O)c2)cc1)Oc1ccc(/C=C/c2cc(O[C@H]3O[C@@H](CO)[C@@H](O)[C@H](O)[C@@H]3O)cc(O[C@H]3O[C@H](CO)[C@H](O)[C@@H](O)[C@H]3O)c2)cc1. The maximum atomic E-state index is 14.9. The zero-order chi connectivity index (χ0) is 67.1. The molecule has 4 aliphatic heterocycles. The van der Waals surface area contributed by atoms with Crippen LogP contribution in [-0.2, 0) is 34.8 Å². The Morgan fingerprint density at radius 2 is 0.777 bits per heavy atom. The minimum atomic E-state index is -4.31. The highest BCUT2D eigenvalue weighted by molar-refractivity contribution is 7.54. The predicted octanol–water partition coefficient (Wildman–Crippen LogP) is -3.21. The van der Waals surface area contributed by atoms with E-state index in [1.165, 1.54) is 73.3 Å². The Morgan fingerprint density at radius 3 is 1.12 bits per heavy atom. The molecule has 0 saturated carbocycles. The first-order valence-corrected chi connectivity index (χ1v) is 31.0. The number of fused-ring (bicyclic) bond motifs is 1. The largest absolute Gasteiger partial charge is 0.462 e. The fourth-order valence-electron chi connectivity index (χ4n) is 10.3. The van der Waals surface area contributed by atoms with E-state index in [0.717, 1.165) is 0 Å². The molecule has 4 saturated heterocycles. The lowest BCUT2D eigenvalue weighted by molar-refractivity contribution is -0.278. The summed E-state index contributed by atoms with van der Waals surface area (Å²) in [7, 11) is -4.31. The number of aliphatic hydroxyl groups is 16. The van der Waals surface area contributed by atoms with Gasteiger partial charge in [0.15, 0.2) is 17.8 Å². The molecule has 6 heterocycles. The molecular weight excluding hydrogens is 1270 g/mol. The number of aliphatic hydroxyl groups excluding tert-OH is 16. The Bertz CT molecular complexity index is 3270. The second-order valence-electron chi connectivity index (χ2n) is 22.2. The van der Waals surface area contributed by atoms with Crippen molar-refractivity contribution in [3.8, 4) is 34.5 Å². The molecular formula is C60H72N5O28P. The summed E-state index contributed by atoms with van der Waals surface area (Å²) in [6, 6.07) is 20.8. The van der Waals surface area contributed by atoms with Crippen LogP contribution in [-0.4, -0.2) is 263 Å². The number of nitrogens with zero attached hydrogens (tertiary/aromatic N) is 4. The maximum absolute atomic E-state index is 14.9. The van der Waals surface area contributed by atoms with Crippen LogP contribution >= 0.6 is 7.60 Å². The van der Waals surface area contributed by atoms with Gasteiger partial charge in [-0.05, 0) is 70.8 Å². The second kappa shape index (κ2) is 30.7. The molecule has 6 aromatic rings. The summed E-state index contributed by atoms with van der Waals surface area (Å²) in [6.45, 7) is -2.80. The van der Waals surface area contributed by atoms with Crippen LogP contribution in [0.5, 0.6) is 34.5 Å². The monoisotopic (exact) mass is 1340 g/mol. The average Bonchev–Trinajstić information content (AvgIpc) is 0.860. The molecule has 0 radical (unpaired) electrons. The van der Waals surface area contributed by atoms with Crippen LogP contribution in [0.15, 0.2) is 97.6 Å². The first-order chi connectivity index (χ1) is 45.0. The third kappa shape index (κ3) is 16.2. The Labute approximate surface area is 533 Å². The van der Waals surface area contributed by atoms with E-state index in [-0.39, 0.29) is 53.5 Å². The molecule has 4 fully saturated rings. The van der Waals surface area contributed by atoms with Crippen molar-refractivity contribution in [2.45, 2.75) is 129 Å². The molecule has 510 valence electrons. The van der Waals surface area contributed by atoms with Crippen molar-refractivity contribution >= 4 is 48.9 Å². The molecule has 10 rings (SSSR count). The first kappa shape index (κ1) is 69.7. The fraction of sp³-hybridized carbons (Fsp3) is 0.450. The molecule has 4 aromatic carbocycles. The molecule has 33 nitrogen and oxygen atoms in total. The molecule has 2 aromatic heterocycles. The van der Waals surface area contributed by atoms with E-state index in [9.17, 15) is 86.3 Å². The summed E-state index contributed by atoms with van der Waals surface area (Å²) in [6.07, 6.45) is -24.2. The van der Waals surface area contributed by atoms with Gasteiger partial charge < -0.3 is 144 Å².